The second-order valence-corrected chi connectivity index (χ2v) is 9.83. The molecule has 1 amide bonds. The second-order valence-electron chi connectivity index (χ2n) is 8.94. The quantitative estimate of drug-likeness (QED) is 0.296. The van der Waals surface area contributed by atoms with E-state index < -0.39 is 11.7 Å². The molecule has 1 heterocycles. The molecule has 3 rings (SSSR count). The molecule has 3 aromatic rings. The maximum Gasteiger partial charge on any atom is 0.408 e. The normalized spacial score (nSPS) is 12.6. The van der Waals surface area contributed by atoms with E-state index in [9.17, 15) is 9.59 Å². The summed E-state index contributed by atoms with van der Waals surface area (Å²) in [5, 5.41) is 5.55. The van der Waals surface area contributed by atoms with Gasteiger partial charge in [-0.3, -0.25) is 4.79 Å². The van der Waals surface area contributed by atoms with E-state index in [0.29, 0.717) is 24.3 Å². The van der Waals surface area contributed by atoms with Crippen molar-refractivity contribution in [3.8, 4) is 5.75 Å². The summed E-state index contributed by atoms with van der Waals surface area (Å²) in [6, 6.07) is 17.4. The van der Waals surface area contributed by atoms with Crippen molar-refractivity contribution in [1.82, 2.24) is 10.3 Å². The molecule has 0 unspecified atom stereocenters. The van der Waals surface area contributed by atoms with Gasteiger partial charge in [0.2, 0.25) is 0 Å². The molecule has 1 atom stereocenters. The van der Waals surface area contributed by atoms with Gasteiger partial charge in [0, 0.05) is 5.38 Å². The minimum atomic E-state index is -0.607. The summed E-state index contributed by atoms with van der Waals surface area (Å²) >= 11 is 1.43. The van der Waals surface area contributed by atoms with Gasteiger partial charge >= 0.3 is 6.09 Å². The van der Waals surface area contributed by atoms with Crippen LogP contribution in [0.4, 0.5) is 4.79 Å². The number of thiazole rings is 1. The van der Waals surface area contributed by atoms with E-state index in [1.807, 2.05) is 80.7 Å². The Hall–Kier alpha value is -3.45. The number of alkyl carbamates (subject to hydrolysis) is 1. The van der Waals surface area contributed by atoms with Crippen LogP contribution < -0.4 is 10.1 Å². The molecule has 0 bridgehead atoms. The van der Waals surface area contributed by atoms with Crippen molar-refractivity contribution in [2.45, 2.75) is 52.4 Å². The van der Waals surface area contributed by atoms with Crippen LogP contribution in [0.2, 0.25) is 0 Å². The van der Waals surface area contributed by atoms with Crippen molar-refractivity contribution < 1.29 is 19.1 Å². The molecule has 0 aliphatic heterocycles. The topological polar surface area (TPSA) is 77.5 Å². The fourth-order valence-electron chi connectivity index (χ4n) is 3.14. The van der Waals surface area contributed by atoms with E-state index in [4.69, 9.17) is 9.47 Å². The minimum Gasteiger partial charge on any atom is -0.489 e. The largest absolute Gasteiger partial charge is 0.489 e. The molecule has 0 spiro atoms. The maximum absolute atomic E-state index is 12.5. The lowest BCUT2D eigenvalue weighted by atomic mass is 10.1. The summed E-state index contributed by atoms with van der Waals surface area (Å²) in [5.74, 6) is 0.773. The van der Waals surface area contributed by atoms with Gasteiger partial charge in [-0.25, -0.2) is 9.78 Å². The zero-order valence-electron chi connectivity index (χ0n) is 19.9. The number of ether oxygens (including phenoxy) is 2. The number of carbonyl (C=O) groups excluding carboxylic acids is 2. The summed E-state index contributed by atoms with van der Waals surface area (Å²) in [5.41, 5.74) is 2.78. The first kappa shape index (κ1) is 25.2. The highest BCUT2D eigenvalue weighted by Gasteiger charge is 2.23. The summed E-state index contributed by atoms with van der Waals surface area (Å²) < 4.78 is 11.3. The van der Waals surface area contributed by atoms with E-state index in [1.54, 1.807) is 13.0 Å². The number of carbonyl (C=O) groups is 2. The van der Waals surface area contributed by atoms with Gasteiger partial charge < -0.3 is 14.8 Å². The first-order valence-electron chi connectivity index (χ1n) is 11.1. The zero-order valence-corrected chi connectivity index (χ0v) is 20.7. The number of nitrogens with one attached hydrogen (secondary N) is 1. The predicted molar refractivity (Wildman–Crippen MR) is 135 cm³/mol. The molecule has 178 valence electrons. The molecular weight excluding hydrogens is 448 g/mol. The van der Waals surface area contributed by atoms with E-state index in [-0.39, 0.29) is 6.04 Å². The second kappa shape index (κ2) is 11.6. The third kappa shape index (κ3) is 8.15. The van der Waals surface area contributed by atoms with Crippen LogP contribution in [0.25, 0.3) is 6.08 Å². The van der Waals surface area contributed by atoms with Crippen molar-refractivity contribution in [2.75, 3.05) is 0 Å². The smallest absolute Gasteiger partial charge is 0.408 e. The lowest BCUT2D eigenvalue weighted by Gasteiger charge is -2.23. The molecule has 7 heteroatoms. The Morgan fingerprint density at radius 1 is 1.09 bits per heavy atom. The summed E-state index contributed by atoms with van der Waals surface area (Å²) in [7, 11) is 0. The van der Waals surface area contributed by atoms with Crippen molar-refractivity contribution in [3.63, 3.8) is 0 Å². The molecule has 1 aromatic heterocycles. The molecule has 2 aromatic carbocycles. The van der Waals surface area contributed by atoms with E-state index in [0.717, 1.165) is 28.2 Å². The summed E-state index contributed by atoms with van der Waals surface area (Å²) in [4.78, 5) is 28.1. The number of aldehydes is 1. The number of hydrogen-bond donors (Lipinski definition) is 1. The van der Waals surface area contributed by atoms with Crippen LogP contribution >= 0.6 is 11.3 Å². The van der Waals surface area contributed by atoms with Gasteiger partial charge in [-0.05, 0) is 69.0 Å². The molecule has 0 saturated heterocycles. The first-order chi connectivity index (χ1) is 16.2. The SMILES string of the molecule is C/C(C=O)=C\c1csc([C@H](Cc2ccc(OCc3ccccc3)cc2)NC(=O)OC(C)(C)C)n1. The average molecular weight is 479 g/mol. The van der Waals surface area contributed by atoms with Crippen LogP contribution in [-0.2, 0) is 22.6 Å². The average Bonchev–Trinajstić information content (AvgIpc) is 3.26. The lowest BCUT2D eigenvalue weighted by Crippen LogP contribution is -2.35. The summed E-state index contributed by atoms with van der Waals surface area (Å²) in [6.07, 6.45) is 2.53. The third-order valence-corrected chi connectivity index (χ3v) is 5.68. The van der Waals surface area contributed by atoms with Crippen molar-refractivity contribution in [2.24, 2.45) is 0 Å². The predicted octanol–water partition coefficient (Wildman–Crippen LogP) is 6.13. The van der Waals surface area contributed by atoms with Gasteiger partial charge in [0.1, 0.15) is 29.3 Å². The van der Waals surface area contributed by atoms with Crippen LogP contribution in [0.3, 0.4) is 0 Å². The molecule has 0 aliphatic carbocycles. The maximum atomic E-state index is 12.5. The van der Waals surface area contributed by atoms with Gasteiger partial charge in [0.15, 0.2) is 0 Å². The molecule has 1 N–H and O–H groups in total. The number of amides is 1. The number of aromatic nitrogens is 1. The third-order valence-electron chi connectivity index (χ3n) is 4.70. The molecule has 0 saturated carbocycles. The molecule has 34 heavy (non-hydrogen) atoms. The highest BCUT2D eigenvalue weighted by molar-refractivity contribution is 7.09. The molecule has 0 radical (unpaired) electrons. The van der Waals surface area contributed by atoms with Crippen molar-refractivity contribution in [3.05, 3.63) is 87.4 Å². The highest BCUT2D eigenvalue weighted by Crippen LogP contribution is 2.25. The number of allylic oxidation sites excluding steroid dienone is 1. The summed E-state index contributed by atoms with van der Waals surface area (Å²) in [6.45, 7) is 7.70. The van der Waals surface area contributed by atoms with E-state index in [1.165, 1.54) is 11.3 Å². The minimum absolute atomic E-state index is 0.380. The number of hydrogen-bond acceptors (Lipinski definition) is 6. The van der Waals surface area contributed by atoms with Gasteiger partial charge in [-0.15, -0.1) is 11.3 Å². The number of rotatable bonds is 9. The number of benzene rings is 2. The molecule has 0 aliphatic rings. The van der Waals surface area contributed by atoms with Crippen LogP contribution in [-0.4, -0.2) is 23.0 Å². The zero-order chi connectivity index (χ0) is 24.6. The van der Waals surface area contributed by atoms with Crippen molar-refractivity contribution >= 4 is 29.8 Å². The number of nitrogens with zero attached hydrogens (tertiary/aromatic N) is 1. The highest BCUT2D eigenvalue weighted by atomic mass is 32.1. The Morgan fingerprint density at radius 3 is 2.44 bits per heavy atom. The van der Waals surface area contributed by atoms with Crippen LogP contribution in [0.1, 0.15) is 55.6 Å². The molecule has 0 fully saturated rings. The Labute approximate surface area is 204 Å². The standard InChI is InChI=1S/C27H30N2O4S/c1-19(16-30)14-22-18-34-25(28-22)24(29-26(31)33-27(2,3)4)15-20-10-12-23(13-11-20)32-17-21-8-6-5-7-9-21/h5-14,16,18,24H,15,17H2,1-4H3,(H,29,31)/b19-14+/t24-/m0/s1. The molecular formula is C27H30N2O4S. The fraction of sp³-hybridized carbons (Fsp3) is 0.296. The van der Waals surface area contributed by atoms with Gasteiger partial charge in [0.25, 0.3) is 0 Å². The first-order valence-corrected chi connectivity index (χ1v) is 11.9. The Kier molecular flexibility index (Phi) is 8.60. The Morgan fingerprint density at radius 2 is 1.79 bits per heavy atom. The Balaban J connectivity index is 1.72. The fourth-order valence-corrected chi connectivity index (χ4v) is 3.97. The van der Waals surface area contributed by atoms with Gasteiger partial charge in [0.05, 0.1) is 11.7 Å². The van der Waals surface area contributed by atoms with E-state index >= 15 is 0 Å². The van der Waals surface area contributed by atoms with E-state index in [2.05, 4.69) is 10.3 Å². The van der Waals surface area contributed by atoms with Crippen LogP contribution in [0.15, 0.2) is 65.6 Å². The monoisotopic (exact) mass is 478 g/mol. The molecule has 6 nitrogen and oxygen atoms in total. The van der Waals surface area contributed by atoms with Crippen molar-refractivity contribution in [1.29, 1.82) is 0 Å². The lowest BCUT2D eigenvalue weighted by molar-refractivity contribution is -0.104. The van der Waals surface area contributed by atoms with Crippen LogP contribution in [0.5, 0.6) is 5.75 Å². The van der Waals surface area contributed by atoms with Gasteiger partial charge in [-0.2, -0.15) is 0 Å². The van der Waals surface area contributed by atoms with Crippen LogP contribution in [0, 0.1) is 0 Å². The Bertz CT molecular complexity index is 1120. The van der Waals surface area contributed by atoms with Gasteiger partial charge in [-0.1, -0.05) is 42.5 Å².